The predicted octanol–water partition coefficient (Wildman–Crippen LogP) is 12.8. The minimum absolute atomic E-state index is 0.428. The molecule has 12 rings (SSSR count). The van der Waals surface area contributed by atoms with Crippen LogP contribution in [0.2, 0.25) is 0 Å². The van der Waals surface area contributed by atoms with Crippen LogP contribution in [0.5, 0.6) is 0 Å². The molecular formula is C54H39N5. The summed E-state index contributed by atoms with van der Waals surface area (Å²) >= 11 is 0. The average Bonchev–Trinajstić information content (AvgIpc) is 3.31. The molecule has 3 saturated carbocycles. The molecule has 0 radical (unpaired) electrons. The minimum Gasteiger partial charge on any atom is -0.228 e. The Labute approximate surface area is 343 Å². The molecule has 2 atom stereocenters. The van der Waals surface area contributed by atoms with E-state index >= 15 is 0 Å². The topological polar surface area (TPSA) is 64.5 Å². The second-order valence-electron chi connectivity index (χ2n) is 16.6. The molecule has 3 fully saturated rings. The van der Waals surface area contributed by atoms with Crippen LogP contribution in [0.4, 0.5) is 0 Å². The molecule has 2 aromatic heterocycles. The average molecular weight is 758 g/mol. The fourth-order valence-corrected chi connectivity index (χ4v) is 10.5. The van der Waals surface area contributed by atoms with E-state index in [-0.39, 0.29) is 0 Å². The molecule has 2 unspecified atom stereocenters. The van der Waals surface area contributed by atoms with Gasteiger partial charge in [0.15, 0.2) is 23.3 Å². The highest BCUT2D eigenvalue weighted by Gasteiger charge is 2.71. The van der Waals surface area contributed by atoms with Crippen molar-refractivity contribution in [2.45, 2.75) is 24.7 Å². The molecule has 0 spiro atoms. The van der Waals surface area contributed by atoms with Gasteiger partial charge in [-0.05, 0) is 94.2 Å². The van der Waals surface area contributed by atoms with Crippen LogP contribution in [-0.2, 0) is 5.41 Å². The van der Waals surface area contributed by atoms with E-state index in [1.807, 2.05) is 54.6 Å². The first kappa shape index (κ1) is 34.0. The van der Waals surface area contributed by atoms with E-state index in [1.165, 1.54) is 24.8 Å². The number of aromatic nitrogens is 5. The van der Waals surface area contributed by atoms with Gasteiger partial charge in [-0.3, -0.25) is 0 Å². The maximum absolute atomic E-state index is 5.30. The van der Waals surface area contributed by atoms with Crippen LogP contribution >= 0.6 is 0 Å². The van der Waals surface area contributed by atoms with E-state index in [2.05, 4.69) is 127 Å². The van der Waals surface area contributed by atoms with Crippen molar-refractivity contribution in [3.63, 3.8) is 0 Å². The van der Waals surface area contributed by atoms with E-state index in [9.17, 15) is 0 Å². The molecule has 0 bridgehead atoms. The van der Waals surface area contributed by atoms with Crippen LogP contribution in [0.25, 0.3) is 90.0 Å². The maximum Gasteiger partial charge on any atom is 0.164 e. The summed E-state index contributed by atoms with van der Waals surface area (Å²) in [6.07, 6.45) is 4.18. The van der Waals surface area contributed by atoms with Crippen molar-refractivity contribution in [2.24, 2.45) is 17.8 Å². The van der Waals surface area contributed by atoms with Crippen molar-refractivity contribution in [1.29, 1.82) is 0 Å². The zero-order chi connectivity index (χ0) is 38.9. The van der Waals surface area contributed by atoms with Crippen molar-refractivity contribution >= 4 is 10.8 Å². The molecule has 280 valence electrons. The number of benzene rings is 7. The molecule has 5 heteroatoms. The van der Waals surface area contributed by atoms with Gasteiger partial charge in [-0.15, -0.1) is 0 Å². The molecule has 0 aliphatic heterocycles. The van der Waals surface area contributed by atoms with Gasteiger partial charge >= 0.3 is 0 Å². The van der Waals surface area contributed by atoms with Gasteiger partial charge < -0.3 is 0 Å². The molecule has 9 aromatic rings. The van der Waals surface area contributed by atoms with Gasteiger partial charge in [0, 0.05) is 33.4 Å². The largest absolute Gasteiger partial charge is 0.228 e. The van der Waals surface area contributed by atoms with E-state index in [1.54, 1.807) is 0 Å². The SMILES string of the molecule is c1ccc(-c2cccc(-c3nc(-c4ccccc4)nc(-c4cc(-c5cc(-c6ccc(C78CC9CC(C7)C98)cc6)nc(-c6ccccc6)n5)c5ccccc5c4)n3)c2)cc1. The Morgan fingerprint density at radius 1 is 0.373 bits per heavy atom. The van der Waals surface area contributed by atoms with Crippen molar-refractivity contribution in [3.8, 4) is 79.2 Å². The van der Waals surface area contributed by atoms with Crippen molar-refractivity contribution in [2.75, 3.05) is 0 Å². The predicted molar refractivity (Wildman–Crippen MR) is 237 cm³/mol. The Bertz CT molecular complexity index is 3020. The highest BCUT2D eigenvalue weighted by atomic mass is 15.0. The zero-order valence-corrected chi connectivity index (χ0v) is 32.4. The first-order valence-electron chi connectivity index (χ1n) is 20.7. The van der Waals surface area contributed by atoms with Gasteiger partial charge in [0.05, 0.1) is 11.4 Å². The number of fused-ring (bicyclic) bond motifs is 1. The fraction of sp³-hybridized carbons (Fsp3) is 0.130. The third-order valence-corrected chi connectivity index (χ3v) is 13.3. The van der Waals surface area contributed by atoms with Gasteiger partial charge in [0.1, 0.15) is 0 Å². The standard InChI is InChI=1S/C54H39N5/c1-4-13-34(14-5-1)38-20-12-21-40(27-38)52-57-51(37-17-8-3-9-18-37)58-53(59-52)41-28-39-19-10-11-22-45(39)46(30-41)48-31-47(55-50(56-48)36-15-6-2-7-16-36)35-23-25-44(26-24-35)54-32-42-29-43(33-54)49(42)54/h1-28,30-31,42-43,49H,29,32-33H2. The molecule has 7 aromatic carbocycles. The number of hydrogen-bond donors (Lipinski definition) is 0. The van der Waals surface area contributed by atoms with Crippen LogP contribution in [0.3, 0.4) is 0 Å². The molecular weight excluding hydrogens is 719 g/mol. The maximum atomic E-state index is 5.30. The first-order valence-corrected chi connectivity index (χ1v) is 20.7. The summed E-state index contributed by atoms with van der Waals surface area (Å²) in [5.41, 5.74) is 11.7. The van der Waals surface area contributed by atoms with Crippen LogP contribution in [0, 0.1) is 17.8 Å². The van der Waals surface area contributed by atoms with Crippen molar-refractivity contribution < 1.29 is 0 Å². The Morgan fingerprint density at radius 2 is 0.915 bits per heavy atom. The summed E-state index contributed by atoms with van der Waals surface area (Å²) in [4.78, 5) is 25.9. The van der Waals surface area contributed by atoms with Gasteiger partial charge in [0.2, 0.25) is 0 Å². The first-order chi connectivity index (χ1) is 29.1. The lowest BCUT2D eigenvalue weighted by Crippen LogP contribution is -2.71. The summed E-state index contributed by atoms with van der Waals surface area (Å²) in [5, 5.41) is 2.18. The van der Waals surface area contributed by atoms with Gasteiger partial charge in [-0.1, -0.05) is 158 Å². The fourth-order valence-electron chi connectivity index (χ4n) is 10.5. The van der Waals surface area contributed by atoms with Gasteiger partial charge in [-0.25, -0.2) is 24.9 Å². The third-order valence-electron chi connectivity index (χ3n) is 13.3. The summed E-state index contributed by atoms with van der Waals surface area (Å²) in [6, 6.07) is 63.6. The number of rotatable bonds is 8. The molecule has 3 aliphatic carbocycles. The minimum atomic E-state index is 0.428. The summed E-state index contributed by atoms with van der Waals surface area (Å²) in [5.74, 6) is 5.40. The monoisotopic (exact) mass is 757 g/mol. The highest BCUT2D eigenvalue weighted by molar-refractivity contribution is 5.99. The lowest BCUT2D eigenvalue weighted by molar-refractivity contribution is -0.219. The molecule has 3 aliphatic rings. The second kappa shape index (κ2) is 13.5. The smallest absolute Gasteiger partial charge is 0.164 e. The van der Waals surface area contributed by atoms with Crippen molar-refractivity contribution in [1.82, 2.24) is 24.9 Å². The van der Waals surface area contributed by atoms with E-state index in [0.29, 0.717) is 28.7 Å². The van der Waals surface area contributed by atoms with E-state index < -0.39 is 0 Å². The lowest BCUT2D eigenvalue weighted by Gasteiger charge is -2.76. The van der Waals surface area contributed by atoms with Crippen LogP contribution in [0.15, 0.2) is 182 Å². The normalized spacial score (nSPS) is 19.9. The second-order valence-corrected chi connectivity index (χ2v) is 16.6. The number of nitrogens with zero attached hydrogens (tertiary/aromatic N) is 5. The van der Waals surface area contributed by atoms with Crippen LogP contribution in [-0.4, -0.2) is 24.9 Å². The zero-order valence-electron chi connectivity index (χ0n) is 32.4. The van der Waals surface area contributed by atoms with E-state index in [0.717, 1.165) is 84.4 Å². The molecule has 59 heavy (non-hydrogen) atoms. The van der Waals surface area contributed by atoms with Crippen LogP contribution in [0.1, 0.15) is 24.8 Å². The molecule has 0 N–H and O–H groups in total. The molecule has 0 saturated heterocycles. The van der Waals surface area contributed by atoms with Crippen LogP contribution < -0.4 is 0 Å². The Kier molecular flexibility index (Phi) is 7.77. The van der Waals surface area contributed by atoms with Crippen molar-refractivity contribution in [3.05, 3.63) is 188 Å². The summed E-state index contributed by atoms with van der Waals surface area (Å²) in [7, 11) is 0. The Morgan fingerprint density at radius 3 is 1.58 bits per heavy atom. The number of hydrogen-bond acceptors (Lipinski definition) is 5. The third kappa shape index (κ3) is 5.72. The molecule has 0 amide bonds. The van der Waals surface area contributed by atoms with E-state index in [4.69, 9.17) is 24.9 Å². The van der Waals surface area contributed by atoms with Gasteiger partial charge in [0.25, 0.3) is 0 Å². The highest BCUT2D eigenvalue weighted by Crippen LogP contribution is 2.77. The lowest BCUT2D eigenvalue weighted by atomic mass is 9.28. The van der Waals surface area contributed by atoms with Gasteiger partial charge in [-0.2, -0.15) is 0 Å². The molecule has 2 heterocycles. The Balaban J connectivity index is 1.01. The summed E-state index contributed by atoms with van der Waals surface area (Å²) < 4.78 is 0. The summed E-state index contributed by atoms with van der Waals surface area (Å²) in [6.45, 7) is 0. The quantitative estimate of drug-likeness (QED) is 0.154. The molecule has 5 nitrogen and oxygen atoms in total. The Hall–Kier alpha value is -7.11.